The number of rotatable bonds is 4. The van der Waals surface area contributed by atoms with Crippen LogP contribution in [0.4, 0.5) is 10.5 Å². The highest BCUT2D eigenvalue weighted by atomic mass is 16.5. The minimum Gasteiger partial charge on any atom is -0.487 e. The van der Waals surface area contributed by atoms with E-state index in [9.17, 15) is 4.79 Å². The molecule has 1 atom stereocenters. The summed E-state index contributed by atoms with van der Waals surface area (Å²) in [6.45, 7) is 5.79. The van der Waals surface area contributed by atoms with Crippen molar-refractivity contribution in [3.8, 4) is 5.75 Å². The number of fused-ring (bicyclic) bond motifs is 1. The van der Waals surface area contributed by atoms with Crippen molar-refractivity contribution in [2.24, 2.45) is 0 Å². The lowest BCUT2D eigenvalue weighted by Gasteiger charge is -2.33. The largest absolute Gasteiger partial charge is 0.487 e. The van der Waals surface area contributed by atoms with Crippen molar-refractivity contribution in [1.82, 2.24) is 5.32 Å². The molecule has 1 heterocycles. The fourth-order valence-corrected chi connectivity index (χ4v) is 2.25. The Bertz CT molecular complexity index is 476. The van der Waals surface area contributed by atoms with Gasteiger partial charge in [0.05, 0.1) is 12.2 Å². The zero-order valence-corrected chi connectivity index (χ0v) is 12.3. The summed E-state index contributed by atoms with van der Waals surface area (Å²) in [6, 6.07) is 5.82. The van der Waals surface area contributed by atoms with Crippen molar-refractivity contribution in [3.05, 3.63) is 23.8 Å². The van der Waals surface area contributed by atoms with Crippen molar-refractivity contribution in [2.45, 2.75) is 26.4 Å². The second-order valence-electron chi connectivity index (χ2n) is 5.09. The normalized spacial score (nSPS) is 17.4. The number of carbonyl (C=O) groups is 1. The fourth-order valence-electron chi connectivity index (χ4n) is 2.25. The van der Waals surface area contributed by atoms with Gasteiger partial charge in [-0.05, 0) is 38.0 Å². The number of hydrogen-bond acceptors (Lipinski definition) is 3. The zero-order valence-electron chi connectivity index (χ0n) is 12.3. The number of nitrogens with one attached hydrogen (secondary N) is 1. The third-order valence-corrected chi connectivity index (χ3v) is 3.22. The summed E-state index contributed by atoms with van der Waals surface area (Å²) in [7, 11) is 1.66. The molecule has 1 aromatic rings. The molecule has 2 rings (SSSR count). The van der Waals surface area contributed by atoms with Crippen LogP contribution in [0.3, 0.4) is 0 Å². The van der Waals surface area contributed by atoms with Gasteiger partial charge in [0.1, 0.15) is 11.9 Å². The topological polar surface area (TPSA) is 50.8 Å². The molecule has 2 amide bonds. The van der Waals surface area contributed by atoms with Gasteiger partial charge >= 0.3 is 6.03 Å². The summed E-state index contributed by atoms with van der Waals surface area (Å²) in [5.74, 6) is 0.765. The highest BCUT2D eigenvalue weighted by Gasteiger charge is 2.27. The average Bonchev–Trinajstić information content (AvgIpc) is 2.43. The van der Waals surface area contributed by atoms with Crippen LogP contribution in [-0.2, 0) is 4.74 Å². The molecule has 0 aromatic heterocycles. The first kappa shape index (κ1) is 14.7. The van der Waals surface area contributed by atoms with Crippen molar-refractivity contribution in [2.75, 3.05) is 31.7 Å². The number of nitrogens with zero attached hydrogens (tertiary/aromatic N) is 1. The molecular formula is C15H22N2O3. The number of benzene rings is 1. The van der Waals surface area contributed by atoms with Crippen LogP contribution in [-0.4, -0.2) is 38.9 Å². The molecule has 0 spiro atoms. The van der Waals surface area contributed by atoms with Gasteiger partial charge in [-0.1, -0.05) is 6.07 Å². The number of urea groups is 1. The second-order valence-corrected chi connectivity index (χ2v) is 5.09. The monoisotopic (exact) mass is 278 g/mol. The Balaban J connectivity index is 2.08. The summed E-state index contributed by atoms with van der Waals surface area (Å²) < 4.78 is 10.7. The van der Waals surface area contributed by atoms with Crippen molar-refractivity contribution >= 4 is 11.7 Å². The van der Waals surface area contributed by atoms with E-state index in [1.807, 2.05) is 32.0 Å². The molecule has 0 aliphatic carbocycles. The van der Waals surface area contributed by atoms with E-state index in [0.717, 1.165) is 23.4 Å². The van der Waals surface area contributed by atoms with Gasteiger partial charge < -0.3 is 14.8 Å². The maximum atomic E-state index is 12.3. The molecule has 1 aliphatic rings. The van der Waals surface area contributed by atoms with Crippen LogP contribution in [0.5, 0.6) is 5.75 Å². The molecule has 1 aliphatic heterocycles. The van der Waals surface area contributed by atoms with Gasteiger partial charge in [0.25, 0.3) is 0 Å². The van der Waals surface area contributed by atoms with Crippen LogP contribution in [0, 0.1) is 6.92 Å². The number of ether oxygens (including phenoxy) is 2. The molecule has 0 radical (unpaired) electrons. The minimum absolute atomic E-state index is 0.00469. The smallest absolute Gasteiger partial charge is 0.322 e. The van der Waals surface area contributed by atoms with Crippen LogP contribution in [0.1, 0.15) is 18.9 Å². The lowest BCUT2D eigenvalue weighted by molar-refractivity contribution is 0.192. The first-order valence-electron chi connectivity index (χ1n) is 6.93. The Morgan fingerprint density at radius 3 is 3.10 bits per heavy atom. The van der Waals surface area contributed by atoms with Gasteiger partial charge in [0.2, 0.25) is 0 Å². The van der Waals surface area contributed by atoms with Crippen molar-refractivity contribution < 1.29 is 14.3 Å². The highest BCUT2D eigenvalue weighted by molar-refractivity contribution is 5.94. The van der Waals surface area contributed by atoms with Crippen LogP contribution in [0.25, 0.3) is 0 Å². The quantitative estimate of drug-likeness (QED) is 0.860. The minimum atomic E-state index is -0.0805. The summed E-state index contributed by atoms with van der Waals surface area (Å²) in [5, 5.41) is 2.92. The van der Waals surface area contributed by atoms with Gasteiger partial charge in [-0.15, -0.1) is 0 Å². The fraction of sp³-hybridized carbons (Fsp3) is 0.533. The second kappa shape index (κ2) is 6.61. The molecule has 1 unspecified atom stereocenters. The third kappa shape index (κ3) is 3.42. The van der Waals surface area contributed by atoms with Gasteiger partial charge in [0, 0.05) is 20.3 Å². The van der Waals surface area contributed by atoms with Crippen LogP contribution in [0.2, 0.25) is 0 Å². The Hall–Kier alpha value is -1.75. The molecule has 0 saturated carbocycles. The van der Waals surface area contributed by atoms with E-state index in [1.54, 1.807) is 12.0 Å². The number of methoxy groups -OCH3 is 1. The molecule has 0 bridgehead atoms. The lowest BCUT2D eigenvalue weighted by Crippen LogP contribution is -2.47. The Morgan fingerprint density at radius 2 is 2.35 bits per heavy atom. The molecule has 0 fully saturated rings. The number of hydrogen-bond donors (Lipinski definition) is 1. The van der Waals surface area contributed by atoms with Crippen molar-refractivity contribution in [3.63, 3.8) is 0 Å². The van der Waals surface area contributed by atoms with Crippen LogP contribution < -0.4 is 15.0 Å². The number of aryl methyl sites for hydroxylation is 1. The van der Waals surface area contributed by atoms with Crippen molar-refractivity contribution in [1.29, 1.82) is 0 Å². The molecule has 0 saturated heterocycles. The van der Waals surface area contributed by atoms with Gasteiger partial charge in [-0.3, -0.25) is 4.90 Å². The Kier molecular flexibility index (Phi) is 4.84. The van der Waals surface area contributed by atoms with Gasteiger partial charge in [0.15, 0.2) is 0 Å². The van der Waals surface area contributed by atoms with E-state index < -0.39 is 0 Å². The van der Waals surface area contributed by atoms with E-state index in [0.29, 0.717) is 19.7 Å². The zero-order chi connectivity index (χ0) is 14.5. The summed E-state index contributed by atoms with van der Waals surface area (Å²) >= 11 is 0. The molecule has 20 heavy (non-hydrogen) atoms. The summed E-state index contributed by atoms with van der Waals surface area (Å²) in [5.41, 5.74) is 1.95. The molecule has 1 N–H and O–H groups in total. The predicted octanol–water partition coefficient (Wildman–Crippen LogP) is 2.33. The van der Waals surface area contributed by atoms with Crippen LogP contribution >= 0.6 is 0 Å². The first-order valence-corrected chi connectivity index (χ1v) is 6.93. The third-order valence-electron chi connectivity index (χ3n) is 3.22. The number of carbonyl (C=O) groups excluding carboxylic acids is 1. The highest BCUT2D eigenvalue weighted by Crippen LogP contribution is 2.34. The van der Waals surface area contributed by atoms with E-state index in [1.165, 1.54) is 0 Å². The maximum Gasteiger partial charge on any atom is 0.322 e. The lowest BCUT2D eigenvalue weighted by atomic mass is 10.1. The Labute approximate surface area is 119 Å². The molecule has 110 valence electrons. The van der Waals surface area contributed by atoms with Gasteiger partial charge in [-0.25, -0.2) is 4.79 Å². The van der Waals surface area contributed by atoms with Gasteiger partial charge in [-0.2, -0.15) is 0 Å². The molecule has 5 heteroatoms. The van der Waals surface area contributed by atoms with E-state index in [4.69, 9.17) is 9.47 Å². The average molecular weight is 278 g/mol. The first-order chi connectivity index (χ1) is 9.61. The maximum absolute atomic E-state index is 12.3. The standard InChI is InChI=1S/C15H22N2O3/c1-11-5-6-14-13(9-11)17(10-12(2)20-14)15(18)16-7-4-8-19-3/h5-6,9,12H,4,7-8,10H2,1-3H3,(H,16,18). The number of anilines is 1. The summed E-state index contributed by atoms with van der Waals surface area (Å²) in [4.78, 5) is 14.1. The molecular weight excluding hydrogens is 256 g/mol. The van der Waals surface area contributed by atoms with Crippen LogP contribution in [0.15, 0.2) is 18.2 Å². The Morgan fingerprint density at radius 1 is 1.55 bits per heavy atom. The molecule has 5 nitrogen and oxygen atoms in total. The molecule has 1 aromatic carbocycles. The number of amides is 2. The summed E-state index contributed by atoms with van der Waals surface area (Å²) in [6.07, 6.45) is 0.804. The SMILES string of the molecule is COCCCNC(=O)N1CC(C)Oc2ccc(C)cc21. The van der Waals surface area contributed by atoms with E-state index in [2.05, 4.69) is 5.32 Å². The van der Waals surface area contributed by atoms with E-state index in [-0.39, 0.29) is 12.1 Å². The predicted molar refractivity (Wildman–Crippen MR) is 78.5 cm³/mol. The van der Waals surface area contributed by atoms with E-state index >= 15 is 0 Å².